The third-order valence-corrected chi connectivity index (χ3v) is 4.39. The maximum absolute atomic E-state index is 13.2. The Morgan fingerprint density at radius 3 is 2.39 bits per heavy atom. The fourth-order valence-electron chi connectivity index (χ4n) is 2.90. The lowest BCUT2D eigenvalue weighted by atomic mass is 10.1. The average Bonchev–Trinajstić information content (AvgIpc) is 2.83. The summed E-state index contributed by atoms with van der Waals surface area (Å²) >= 11 is 0. The standard InChI is InChI=1S/C25H33N3O8/c1-25(2,3)36-24(32)27-28-11-9-20(17-30)22(35-18-19-7-5-4-6-8-19)21(28)23(31)26-10-13-33-15-16-34-14-12-29/h4-9,11,29H,10,12-16,18H2,1-3H3,(H,26,31)(H,27,32). The number of carbonyl (C=O) groups excluding carboxylic acids is 3. The first-order chi connectivity index (χ1) is 17.2. The zero-order chi connectivity index (χ0) is 26.4. The zero-order valence-electron chi connectivity index (χ0n) is 20.7. The van der Waals surface area contributed by atoms with E-state index in [1.807, 2.05) is 30.3 Å². The van der Waals surface area contributed by atoms with Crippen molar-refractivity contribution in [3.05, 3.63) is 65.2 Å². The summed E-state index contributed by atoms with van der Waals surface area (Å²) in [4.78, 5) is 37.2. The lowest BCUT2D eigenvalue weighted by molar-refractivity contribution is -0.119. The first-order valence-corrected chi connectivity index (χ1v) is 11.4. The summed E-state index contributed by atoms with van der Waals surface area (Å²) in [6, 6.07) is 9.20. The molecular weight excluding hydrogens is 470 g/mol. The molecule has 11 nitrogen and oxygen atoms in total. The number of rotatable bonds is 13. The number of aliphatic hydroxyl groups is 1. The summed E-state index contributed by atoms with van der Waals surface area (Å²) in [6.45, 7) is 6.27. The molecule has 0 aliphatic carbocycles. The number of hydrazine groups is 1. The third-order valence-electron chi connectivity index (χ3n) is 4.39. The summed E-state index contributed by atoms with van der Waals surface area (Å²) in [5.41, 5.74) is 2.42. The number of hydrogen-bond donors (Lipinski definition) is 3. The number of nitrogens with one attached hydrogen (secondary N) is 2. The largest absolute Gasteiger partial charge is 0.485 e. The van der Waals surface area contributed by atoms with Crippen LogP contribution in [0.2, 0.25) is 0 Å². The number of carbonyl (C=O) groups is 2. The van der Waals surface area contributed by atoms with Crippen molar-refractivity contribution in [2.24, 2.45) is 0 Å². The molecule has 11 heteroatoms. The van der Waals surface area contributed by atoms with Crippen LogP contribution in [-0.2, 0) is 35.1 Å². The van der Waals surface area contributed by atoms with Crippen LogP contribution in [0, 0.1) is 0 Å². The van der Waals surface area contributed by atoms with Gasteiger partial charge in [-0.1, -0.05) is 30.3 Å². The summed E-state index contributed by atoms with van der Waals surface area (Å²) in [6.07, 6.45) is 1.91. The van der Waals surface area contributed by atoms with Crippen molar-refractivity contribution in [3.8, 4) is 0 Å². The molecule has 0 fully saturated rings. The van der Waals surface area contributed by atoms with E-state index in [2.05, 4.69) is 10.7 Å². The molecule has 1 aliphatic heterocycles. The molecule has 0 saturated carbocycles. The fourth-order valence-corrected chi connectivity index (χ4v) is 2.90. The highest BCUT2D eigenvalue weighted by Crippen LogP contribution is 2.25. The second-order valence-corrected chi connectivity index (χ2v) is 8.47. The second kappa shape index (κ2) is 14.7. The monoisotopic (exact) mass is 503 g/mol. The molecule has 0 spiro atoms. The number of nitrogens with zero attached hydrogens (tertiary/aromatic N) is 1. The number of benzene rings is 1. The number of amides is 2. The van der Waals surface area contributed by atoms with Crippen LogP contribution in [0.3, 0.4) is 0 Å². The van der Waals surface area contributed by atoms with Gasteiger partial charge in [-0.25, -0.2) is 20.0 Å². The van der Waals surface area contributed by atoms with Crippen LogP contribution < -0.4 is 10.7 Å². The smallest absolute Gasteiger partial charge is 0.426 e. The minimum absolute atomic E-state index is 0.00982. The van der Waals surface area contributed by atoms with Gasteiger partial charge in [0.05, 0.1) is 33.0 Å². The summed E-state index contributed by atoms with van der Waals surface area (Å²) in [7, 11) is 0. The summed E-state index contributed by atoms with van der Waals surface area (Å²) < 4.78 is 21.6. The number of ether oxygens (including phenoxy) is 4. The number of hydrogen-bond acceptors (Lipinski definition) is 9. The molecule has 0 saturated heterocycles. The van der Waals surface area contributed by atoms with Crippen LogP contribution in [0.5, 0.6) is 0 Å². The molecule has 2 amide bonds. The van der Waals surface area contributed by atoms with Crippen LogP contribution in [0.1, 0.15) is 26.3 Å². The molecule has 0 aromatic heterocycles. The number of aliphatic hydroxyl groups excluding tert-OH is 1. The fraction of sp³-hybridized carbons (Fsp3) is 0.440. The minimum Gasteiger partial charge on any atom is -0.485 e. The third kappa shape index (κ3) is 9.93. The van der Waals surface area contributed by atoms with Crippen molar-refractivity contribution in [2.45, 2.75) is 33.0 Å². The van der Waals surface area contributed by atoms with Gasteiger partial charge in [-0.05, 0) is 32.4 Å². The Morgan fingerprint density at radius 1 is 1.06 bits per heavy atom. The summed E-state index contributed by atoms with van der Waals surface area (Å²) in [5.74, 6) is 1.11. The predicted octanol–water partition coefficient (Wildman–Crippen LogP) is 1.58. The van der Waals surface area contributed by atoms with Crippen molar-refractivity contribution in [1.82, 2.24) is 15.8 Å². The van der Waals surface area contributed by atoms with Crippen molar-refractivity contribution < 1.29 is 38.4 Å². The second-order valence-electron chi connectivity index (χ2n) is 8.47. The molecule has 36 heavy (non-hydrogen) atoms. The molecule has 1 aromatic rings. The predicted molar refractivity (Wildman–Crippen MR) is 130 cm³/mol. The highest BCUT2D eigenvalue weighted by atomic mass is 16.6. The van der Waals surface area contributed by atoms with Crippen LogP contribution >= 0.6 is 0 Å². The van der Waals surface area contributed by atoms with Crippen LogP contribution in [0.4, 0.5) is 4.79 Å². The van der Waals surface area contributed by atoms with Gasteiger partial charge in [0.25, 0.3) is 5.91 Å². The Bertz CT molecular complexity index is 979. The lowest BCUT2D eigenvalue weighted by Crippen LogP contribution is -2.47. The first-order valence-electron chi connectivity index (χ1n) is 11.4. The Hall–Kier alpha value is -3.63. The van der Waals surface area contributed by atoms with Gasteiger partial charge in [-0.3, -0.25) is 4.79 Å². The van der Waals surface area contributed by atoms with Crippen LogP contribution in [0.25, 0.3) is 0 Å². The molecule has 0 unspecified atom stereocenters. The van der Waals surface area contributed by atoms with Crippen molar-refractivity contribution in [3.63, 3.8) is 0 Å². The Kier molecular flexibility index (Phi) is 11.7. The topological polar surface area (TPSA) is 136 Å². The highest BCUT2D eigenvalue weighted by Gasteiger charge is 2.30. The van der Waals surface area contributed by atoms with Crippen molar-refractivity contribution in [1.29, 1.82) is 0 Å². The maximum atomic E-state index is 13.2. The van der Waals surface area contributed by atoms with Crippen molar-refractivity contribution >= 4 is 17.9 Å². The van der Waals surface area contributed by atoms with Crippen LogP contribution in [-0.4, -0.2) is 73.2 Å². The molecule has 3 N–H and O–H groups in total. The summed E-state index contributed by atoms with van der Waals surface area (Å²) in [5, 5.41) is 12.5. The first kappa shape index (κ1) is 28.6. The molecule has 196 valence electrons. The van der Waals surface area contributed by atoms with E-state index in [0.717, 1.165) is 10.6 Å². The molecule has 0 radical (unpaired) electrons. The number of allylic oxidation sites excluding steroid dienone is 1. The van der Waals surface area contributed by atoms with E-state index in [-0.39, 0.29) is 56.6 Å². The Balaban J connectivity index is 2.17. The molecule has 1 heterocycles. The van der Waals surface area contributed by atoms with E-state index < -0.39 is 17.6 Å². The quantitative estimate of drug-likeness (QED) is 0.271. The zero-order valence-corrected chi connectivity index (χ0v) is 20.7. The van der Waals surface area contributed by atoms with E-state index in [1.54, 1.807) is 26.7 Å². The van der Waals surface area contributed by atoms with Gasteiger partial charge in [0.1, 0.15) is 23.7 Å². The molecule has 1 aliphatic rings. The maximum Gasteiger partial charge on any atom is 0.426 e. The van der Waals surface area contributed by atoms with Gasteiger partial charge in [0.15, 0.2) is 11.5 Å². The van der Waals surface area contributed by atoms with E-state index in [0.29, 0.717) is 6.61 Å². The minimum atomic E-state index is -0.801. The highest BCUT2D eigenvalue weighted by molar-refractivity contribution is 5.96. The van der Waals surface area contributed by atoms with Gasteiger partial charge in [0.2, 0.25) is 0 Å². The van der Waals surface area contributed by atoms with E-state index in [9.17, 15) is 14.4 Å². The van der Waals surface area contributed by atoms with Crippen LogP contribution in [0.15, 0.2) is 59.6 Å². The van der Waals surface area contributed by atoms with Crippen molar-refractivity contribution in [2.75, 3.05) is 39.6 Å². The average molecular weight is 504 g/mol. The molecule has 2 rings (SSSR count). The van der Waals surface area contributed by atoms with Gasteiger partial charge in [-0.2, -0.15) is 0 Å². The Morgan fingerprint density at radius 2 is 1.75 bits per heavy atom. The lowest BCUT2D eigenvalue weighted by Gasteiger charge is -2.29. The van der Waals surface area contributed by atoms with E-state index in [4.69, 9.17) is 24.1 Å². The molecule has 0 bridgehead atoms. The SMILES string of the molecule is CC(C)(C)OC(=O)NN1C=CC(=C=O)C(OCc2ccccc2)=C1C(=O)NCCOCCOCCO. The molecular formula is C25H33N3O8. The van der Waals surface area contributed by atoms with E-state index in [1.165, 1.54) is 12.3 Å². The normalized spacial score (nSPS) is 13.3. The Labute approximate surface area is 210 Å². The van der Waals surface area contributed by atoms with E-state index >= 15 is 0 Å². The molecule has 1 aromatic carbocycles. The van der Waals surface area contributed by atoms with Gasteiger partial charge < -0.3 is 29.4 Å². The van der Waals surface area contributed by atoms with Gasteiger partial charge in [0, 0.05) is 12.7 Å². The van der Waals surface area contributed by atoms with Gasteiger partial charge in [-0.15, -0.1) is 0 Å². The van der Waals surface area contributed by atoms with Gasteiger partial charge >= 0.3 is 6.09 Å². The molecule has 0 atom stereocenters.